The predicted octanol–water partition coefficient (Wildman–Crippen LogP) is 5.78. The highest BCUT2D eigenvalue weighted by atomic mass is 16.7. The second-order valence-corrected chi connectivity index (χ2v) is 17.8. The fourth-order valence-electron chi connectivity index (χ4n) is 10.9. The number of carbonyl (C=O) groups is 2. The molecule has 4 rings (SSSR count). The van der Waals surface area contributed by atoms with Gasteiger partial charge >= 0.3 is 6.16 Å². The van der Waals surface area contributed by atoms with Gasteiger partial charge in [0, 0.05) is 19.5 Å². The van der Waals surface area contributed by atoms with E-state index >= 15 is 0 Å². The first-order valence-corrected chi connectivity index (χ1v) is 21.3. The van der Waals surface area contributed by atoms with Crippen LogP contribution in [0.4, 0.5) is 4.79 Å². The van der Waals surface area contributed by atoms with Crippen LogP contribution in [0, 0.1) is 46.3 Å². The molecule has 9 unspecified atom stereocenters. The maximum absolute atomic E-state index is 12.6. The Morgan fingerprint density at radius 3 is 2.33 bits per heavy atom. The van der Waals surface area contributed by atoms with Crippen molar-refractivity contribution in [1.29, 1.82) is 0 Å². The van der Waals surface area contributed by atoms with E-state index in [0.717, 1.165) is 54.8 Å². The Labute approximate surface area is 330 Å². The van der Waals surface area contributed by atoms with Gasteiger partial charge in [-0.3, -0.25) is 9.79 Å². The molecule has 55 heavy (non-hydrogen) atoms. The lowest BCUT2D eigenvalue weighted by atomic mass is 9.47. The standard InChI is InChI=1S/C42H75N7O6/c1-28(2)9-8-10-29(3)33-14-15-34-32-13-12-30-27-31(16-18-41(30,4)35(32)17-19-42(33,34)5)55-40(51)54-26-25-53-24-23-52-22-21-47-37(50)36(49-39(45)46)11-6-7-20-48-38(43)44/h12,28-29,31-36H,6-11,13-27H2,1-5H3,(H,47,50)(H4,43,44,48)(H4,45,46,49). The summed E-state index contributed by atoms with van der Waals surface area (Å²) in [6.45, 7) is 14.5. The van der Waals surface area contributed by atoms with Crippen LogP contribution in [0.25, 0.3) is 0 Å². The average molecular weight is 774 g/mol. The molecule has 0 aromatic heterocycles. The number of aliphatic imine (C=N–C) groups is 2. The molecule has 0 heterocycles. The highest BCUT2D eigenvalue weighted by Crippen LogP contribution is 2.67. The fraction of sp³-hybridized carbons (Fsp3) is 0.857. The van der Waals surface area contributed by atoms with E-state index < -0.39 is 12.2 Å². The summed E-state index contributed by atoms with van der Waals surface area (Å²) in [4.78, 5) is 33.1. The molecule has 4 aliphatic carbocycles. The van der Waals surface area contributed by atoms with E-state index in [1.807, 2.05) is 0 Å². The second kappa shape index (κ2) is 21.5. The minimum Gasteiger partial charge on any atom is -0.432 e. The van der Waals surface area contributed by atoms with Crippen molar-refractivity contribution >= 4 is 24.0 Å². The summed E-state index contributed by atoms with van der Waals surface area (Å²) in [7, 11) is 0. The summed E-state index contributed by atoms with van der Waals surface area (Å²) in [5, 5.41) is 2.79. The molecule has 1 amide bonds. The van der Waals surface area contributed by atoms with Gasteiger partial charge in [-0.2, -0.15) is 0 Å². The lowest BCUT2D eigenvalue weighted by molar-refractivity contribution is -0.122. The van der Waals surface area contributed by atoms with Gasteiger partial charge in [-0.05, 0) is 111 Å². The maximum atomic E-state index is 12.6. The molecule has 314 valence electrons. The molecule has 0 aliphatic heterocycles. The van der Waals surface area contributed by atoms with E-state index in [4.69, 9.17) is 41.9 Å². The minimum absolute atomic E-state index is 0.0365. The number of amides is 1. The van der Waals surface area contributed by atoms with Crippen molar-refractivity contribution in [2.24, 2.45) is 79.3 Å². The molecule has 13 nitrogen and oxygen atoms in total. The van der Waals surface area contributed by atoms with E-state index in [9.17, 15) is 9.59 Å². The third kappa shape index (κ3) is 12.7. The van der Waals surface area contributed by atoms with Gasteiger partial charge in [0.05, 0.1) is 26.4 Å². The monoisotopic (exact) mass is 774 g/mol. The molecule has 0 spiro atoms. The molecule has 4 aliphatic rings. The van der Waals surface area contributed by atoms with Crippen molar-refractivity contribution in [1.82, 2.24) is 5.32 Å². The van der Waals surface area contributed by atoms with Crippen molar-refractivity contribution < 1.29 is 28.5 Å². The van der Waals surface area contributed by atoms with Crippen LogP contribution in [0.2, 0.25) is 0 Å². The van der Waals surface area contributed by atoms with Crippen LogP contribution in [0.5, 0.6) is 0 Å². The number of allylic oxidation sites excluding steroid dienone is 1. The smallest absolute Gasteiger partial charge is 0.432 e. The van der Waals surface area contributed by atoms with Crippen LogP contribution >= 0.6 is 0 Å². The van der Waals surface area contributed by atoms with Crippen molar-refractivity contribution in [2.75, 3.05) is 46.1 Å². The predicted molar refractivity (Wildman–Crippen MR) is 218 cm³/mol. The largest absolute Gasteiger partial charge is 0.508 e. The van der Waals surface area contributed by atoms with Crippen molar-refractivity contribution in [3.05, 3.63) is 11.6 Å². The zero-order valence-corrected chi connectivity index (χ0v) is 34.7. The Hall–Kier alpha value is -3.06. The van der Waals surface area contributed by atoms with Crippen LogP contribution < -0.4 is 28.3 Å². The Bertz CT molecular complexity index is 1320. The van der Waals surface area contributed by atoms with Gasteiger partial charge in [0.15, 0.2) is 11.9 Å². The quantitative estimate of drug-likeness (QED) is 0.0294. The molecule has 0 radical (unpaired) electrons. The molecule has 0 aromatic rings. The van der Waals surface area contributed by atoms with Gasteiger partial charge in [-0.1, -0.05) is 65.5 Å². The van der Waals surface area contributed by atoms with E-state index in [1.165, 1.54) is 56.9 Å². The number of nitrogens with two attached hydrogens (primary N) is 4. The molecule has 9 atom stereocenters. The Balaban J connectivity index is 1.08. The van der Waals surface area contributed by atoms with E-state index in [1.54, 1.807) is 0 Å². The van der Waals surface area contributed by atoms with Crippen molar-refractivity contribution in [3.8, 4) is 0 Å². The molecular weight excluding hydrogens is 699 g/mol. The lowest BCUT2D eigenvalue weighted by Gasteiger charge is -2.58. The van der Waals surface area contributed by atoms with Gasteiger partial charge in [0.1, 0.15) is 18.8 Å². The summed E-state index contributed by atoms with van der Waals surface area (Å²) in [6, 6.07) is -0.693. The molecule has 0 saturated heterocycles. The number of rotatable bonds is 22. The summed E-state index contributed by atoms with van der Waals surface area (Å²) in [5.74, 6) is 4.47. The summed E-state index contributed by atoms with van der Waals surface area (Å²) in [5.41, 5.74) is 23.9. The topological polar surface area (TPSA) is 212 Å². The molecule has 0 bridgehead atoms. The Kier molecular flexibility index (Phi) is 17.4. The SMILES string of the molecule is CC(C)CCCC(C)C1CCC2C3CC=C4CC(OC(=O)OCCOCCOCCNC(=O)C(CCCCN=C(N)N)N=C(N)N)CCC4(C)C3CCC12C. The number of hydrogen-bond acceptors (Lipinski definition) is 8. The van der Waals surface area contributed by atoms with Gasteiger partial charge in [-0.15, -0.1) is 0 Å². The second-order valence-electron chi connectivity index (χ2n) is 17.8. The number of unbranched alkanes of at least 4 members (excludes halogenated alkanes) is 1. The first-order chi connectivity index (χ1) is 26.2. The third-order valence-corrected chi connectivity index (χ3v) is 13.7. The zero-order chi connectivity index (χ0) is 40.0. The zero-order valence-electron chi connectivity index (χ0n) is 34.7. The highest BCUT2D eigenvalue weighted by Gasteiger charge is 2.59. The maximum Gasteiger partial charge on any atom is 0.508 e. The highest BCUT2D eigenvalue weighted by molar-refractivity contribution is 5.86. The lowest BCUT2D eigenvalue weighted by Crippen LogP contribution is -2.51. The van der Waals surface area contributed by atoms with Gasteiger partial charge in [0.2, 0.25) is 5.91 Å². The van der Waals surface area contributed by atoms with Gasteiger partial charge in [-0.25, -0.2) is 9.79 Å². The third-order valence-electron chi connectivity index (χ3n) is 13.7. The minimum atomic E-state index is -0.693. The normalized spacial score (nSPS) is 29.5. The molecule has 9 N–H and O–H groups in total. The number of ether oxygens (including phenoxy) is 4. The molecule has 3 fully saturated rings. The first-order valence-electron chi connectivity index (χ1n) is 21.3. The number of carbonyl (C=O) groups excluding carboxylic acids is 2. The van der Waals surface area contributed by atoms with Crippen LogP contribution in [-0.2, 0) is 23.7 Å². The first kappa shape index (κ1) is 44.7. The fourth-order valence-corrected chi connectivity index (χ4v) is 10.9. The van der Waals surface area contributed by atoms with Gasteiger partial charge in [0.25, 0.3) is 0 Å². The molecule has 13 heteroatoms. The summed E-state index contributed by atoms with van der Waals surface area (Å²) < 4.78 is 22.3. The number of nitrogens with zero attached hydrogens (tertiary/aromatic N) is 2. The Morgan fingerprint density at radius 2 is 1.60 bits per heavy atom. The number of hydrogen-bond donors (Lipinski definition) is 5. The number of nitrogens with one attached hydrogen (secondary N) is 1. The Morgan fingerprint density at radius 1 is 0.855 bits per heavy atom. The van der Waals surface area contributed by atoms with E-state index in [-0.39, 0.29) is 42.6 Å². The molecule has 0 aromatic carbocycles. The van der Waals surface area contributed by atoms with Crippen molar-refractivity contribution in [3.63, 3.8) is 0 Å². The van der Waals surface area contributed by atoms with Crippen molar-refractivity contribution in [2.45, 2.75) is 137 Å². The number of fused-ring (bicyclic) bond motifs is 5. The molecular formula is C42H75N7O6. The number of guanidine groups is 2. The van der Waals surface area contributed by atoms with Crippen LogP contribution in [0.15, 0.2) is 21.6 Å². The van der Waals surface area contributed by atoms with Gasteiger partial charge < -0.3 is 47.2 Å². The van der Waals surface area contributed by atoms with Crippen LogP contribution in [0.3, 0.4) is 0 Å². The van der Waals surface area contributed by atoms with E-state index in [2.05, 4.69) is 56.0 Å². The summed E-state index contributed by atoms with van der Waals surface area (Å²) in [6.07, 6.45) is 17.2. The van der Waals surface area contributed by atoms with Crippen LogP contribution in [0.1, 0.15) is 125 Å². The van der Waals surface area contributed by atoms with Crippen LogP contribution in [-0.4, -0.2) is 82.3 Å². The average Bonchev–Trinajstić information content (AvgIpc) is 3.48. The van der Waals surface area contributed by atoms with E-state index in [0.29, 0.717) is 57.6 Å². The summed E-state index contributed by atoms with van der Waals surface area (Å²) >= 11 is 0. The molecule has 3 saturated carbocycles.